The Labute approximate surface area is 101 Å². The highest BCUT2D eigenvalue weighted by Crippen LogP contribution is 2.24. The molecular formula is C13H29N3. The van der Waals surface area contributed by atoms with Crippen LogP contribution in [0, 0.1) is 5.41 Å². The highest BCUT2D eigenvalue weighted by molar-refractivity contribution is 4.84. The minimum Gasteiger partial charge on any atom is -0.330 e. The zero-order valence-electron chi connectivity index (χ0n) is 11.5. The molecule has 16 heavy (non-hydrogen) atoms. The van der Waals surface area contributed by atoms with Crippen molar-refractivity contribution in [1.82, 2.24) is 9.80 Å². The normalized spacial score (nSPS) is 27.9. The van der Waals surface area contributed by atoms with E-state index >= 15 is 0 Å². The molecule has 2 atom stereocenters. The van der Waals surface area contributed by atoms with Crippen LogP contribution in [-0.4, -0.2) is 55.6 Å². The van der Waals surface area contributed by atoms with E-state index in [0.717, 1.165) is 13.1 Å². The zero-order chi connectivity index (χ0) is 12.2. The number of rotatable bonds is 5. The van der Waals surface area contributed by atoms with Gasteiger partial charge < -0.3 is 10.6 Å². The van der Waals surface area contributed by atoms with E-state index < -0.39 is 0 Å². The van der Waals surface area contributed by atoms with Gasteiger partial charge in [0.25, 0.3) is 0 Å². The van der Waals surface area contributed by atoms with E-state index in [0.29, 0.717) is 11.5 Å². The van der Waals surface area contributed by atoms with Gasteiger partial charge in [0.05, 0.1) is 0 Å². The monoisotopic (exact) mass is 227 g/mol. The van der Waals surface area contributed by atoms with Crippen molar-refractivity contribution >= 4 is 0 Å². The predicted molar refractivity (Wildman–Crippen MR) is 70.6 cm³/mol. The van der Waals surface area contributed by atoms with E-state index in [4.69, 9.17) is 5.73 Å². The van der Waals surface area contributed by atoms with Gasteiger partial charge >= 0.3 is 0 Å². The average Bonchev–Trinajstić information content (AvgIpc) is 2.24. The highest BCUT2D eigenvalue weighted by Gasteiger charge is 2.28. The van der Waals surface area contributed by atoms with Crippen LogP contribution in [0.25, 0.3) is 0 Å². The molecule has 1 fully saturated rings. The number of hydrogen-bond donors (Lipinski definition) is 1. The first-order valence-electron chi connectivity index (χ1n) is 6.63. The third-order valence-corrected chi connectivity index (χ3v) is 4.00. The van der Waals surface area contributed by atoms with Gasteiger partial charge in [0.1, 0.15) is 0 Å². The Morgan fingerprint density at radius 2 is 2.06 bits per heavy atom. The molecule has 1 rings (SSSR count). The Morgan fingerprint density at radius 3 is 2.56 bits per heavy atom. The molecule has 3 heteroatoms. The van der Waals surface area contributed by atoms with E-state index in [-0.39, 0.29) is 0 Å². The largest absolute Gasteiger partial charge is 0.330 e. The van der Waals surface area contributed by atoms with Crippen LogP contribution in [0.5, 0.6) is 0 Å². The Hall–Kier alpha value is -0.120. The number of likely N-dealkylation sites (N-methyl/N-ethyl adjacent to an activating group) is 1. The van der Waals surface area contributed by atoms with Gasteiger partial charge in [-0.05, 0) is 32.4 Å². The molecule has 0 amide bonds. The second-order valence-electron chi connectivity index (χ2n) is 5.83. The molecule has 0 aromatic heterocycles. The summed E-state index contributed by atoms with van der Waals surface area (Å²) in [5.74, 6) is 0. The maximum atomic E-state index is 5.94. The summed E-state index contributed by atoms with van der Waals surface area (Å²) in [7, 11) is 2.22. The van der Waals surface area contributed by atoms with Crippen molar-refractivity contribution in [2.75, 3.05) is 39.8 Å². The number of nitrogens with two attached hydrogens (primary N) is 1. The molecule has 1 aliphatic heterocycles. The average molecular weight is 227 g/mol. The molecule has 0 aromatic rings. The Balaban J connectivity index is 2.46. The van der Waals surface area contributed by atoms with Crippen molar-refractivity contribution in [3.05, 3.63) is 0 Å². The van der Waals surface area contributed by atoms with Gasteiger partial charge in [-0.2, -0.15) is 0 Å². The summed E-state index contributed by atoms with van der Waals surface area (Å²) in [6.07, 6.45) is 2.47. The molecule has 0 saturated carbocycles. The molecule has 0 bridgehead atoms. The summed E-state index contributed by atoms with van der Waals surface area (Å²) in [5, 5.41) is 0. The van der Waals surface area contributed by atoms with Crippen LogP contribution in [-0.2, 0) is 0 Å². The molecule has 2 N–H and O–H groups in total. The van der Waals surface area contributed by atoms with Gasteiger partial charge in [-0.3, -0.25) is 4.90 Å². The van der Waals surface area contributed by atoms with E-state index in [1.54, 1.807) is 0 Å². The first kappa shape index (κ1) is 13.9. The second-order valence-corrected chi connectivity index (χ2v) is 5.83. The lowest BCUT2D eigenvalue weighted by Crippen LogP contribution is -2.53. The van der Waals surface area contributed by atoms with Crippen LogP contribution in [0.15, 0.2) is 0 Å². The molecule has 1 saturated heterocycles. The summed E-state index contributed by atoms with van der Waals surface area (Å²) in [6.45, 7) is 12.4. The molecule has 2 unspecified atom stereocenters. The summed E-state index contributed by atoms with van der Waals surface area (Å²) in [5.41, 5.74) is 6.25. The van der Waals surface area contributed by atoms with Crippen LogP contribution >= 0.6 is 0 Å². The summed E-state index contributed by atoms with van der Waals surface area (Å²) < 4.78 is 0. The van der Waals surface area contributed by atoms with Crippen LogP contribution in [0.4, 0.5) is 0 Å². The topological polar surface area (TPSA) is 32.5 Å². The fraction of sp³-hybridized carbons (Fsp3) is 1.00. The van der Waals surface area contributed by atoms with Crippen LogP contribution in [0.1, 0.15) is 33.6 Å². The van der Waals surface area contributed by atoms with Crippen LogP contribution < -0.4 is 5.73 Å². The van der Waals surface area contributed by atoms with E-state index in [1.807, 2.05) is 0 Å². The molecule has 96 valence electrons. The minimum atomic E-state index is 0.310. The minimum absolute atomic E-state index is 0.310. The van der Waals surface area contributed by atoms with E-state index in [2.05, 4.69) is 37.6 Å². The van der Waals surface area contributed by atoms with E-state index in [9.17, 15) is 0 Å². The molecule has 1 aliphatic rings. The standard InChI is InChI=1S/C13H29N3/c1-5-6-13(3,10-14)11-16-8-7-15(4)12(2)9-16/h12H,5-11,14H2,1-4H3. The summed E-state index contributed by atoms with van der Waals surface area (Å²) >= 11 is 0. The lowest BCUT2D eigenvalue weighted by molar-refractivity contribution is 0.0689. The maximum absolute atomic E-state index is 5.94. The van der Waals surface area contributed by atoms with Gasteiger partial charge in [-0.25, -0.2) is 0 Å². The molecule has 0 aliphatic carbocycles. The molecule has 0 spiro atoms. The first-order valence-corrected chi connectivity index (χ1v) is 6.63. The maximum Gasteiger partial charge on any atom is 0.0192 e. The number of nitrogens with zero attached hydrogens (tertiary/aromatic N) is 2. The van der Waals surface area contributed by atoms with Crippen LogP contribution in [0.3, 0.4) is 0 Å². The fourth-order valence-electron chi connectivity index (χ4n) is 2.66. The predicted octanol–water partition coefficient (Wildman–Crippen LogP) is 1.39. The van der Waals surface area contributed by atoms with Gasteiger partial charge in [-0.15, -0.1) is 0 Å². The lowest BCUT2D eigenvalue weighted by Gasteiger charge is -2.42. The highest BCUT2D eigenvalue weighted by atomic mass is 15.3. The summed E-state index contributed by atoms with van der Waals surface area (Å²) in [6, 6.07) is 0.678. The van der Waals surface area contributed by atoms with Gasteiger partial charge in [0, 0.05) is 32.2 Å². The van der Waals surface area contributed by atoms with Gasteiger partial charge in [0.15, 0.2) is 0 Å². The smallest absolute Gasteiger partial charge is 0.0192 e. The Bertz CT molecular complexity index is 207. The summed E-state index contributed by atoms with van der Waals surface area (Å²) in [4.78, 5) is 5.03. The number of piperazine rings is 1. The SMILES string of the molecule is CCCC(C)(CN)CN1CCN(C)C(C)C1. The third kappa shape index (κ3) is 3.72. The quantitative estimate of drug-likeness (QED) is 0.770. The van der Waals surface area contributed by atoms with Crippen molar-refractivity contribution in [1.29, 1.82) is 0 Å². The van der Waals surface area contributed by atoms with Crippen molar-refractivity contribution in [2.24, 2.45) is 11.1 Å². The van der Waals surface area contributed by atoms with Crippen molar-refractivity contribution in [3.8, 4) is 0 Å². The van der Waals surface area contributed by atoms with E-state index in [1.165, 1.54) is 32.5 Å². The lowest BCUT2D eigenvalue weighted by atomic mass is 9.85. The second kappa shape index (κ2) is 5.99. The number of hydrogen-bond acceptors (Lipinski definition) is 3. The van der Waals surface area contributed by atoms with Crippen molar-refractivity contribution in [3.63, 3.8) is 0 Å². The Morgan fingerprint density at radius 1 is 1.38 bits per heavy atom. The third-order valence-electron chi connectivity index (χ3n) is 4.00. The zero-order valence-corrected chi connectivity index (χ0v) is 11.5. The molecule has 3 nitrogen and oxygen atoms in total. The molecule has 1 heterocycles. The molecule has 0 radical (unpaired) electrons. The Kier molecular flexibility index (Phi) is 5.22. The van der Waals surface area contributed by atoms with Crippen molar-refractivity contribution in [2.45, 2.75) is 39.7 Å². The van der Waals surface area contributed by atoms with Gasteiger partial charge in [-0.1, -0.05) is 20.3 Å². The molecule has 0 aromatic carbocycles. The van der Waals surface area contributed by atoms with Crippen LogP contribution in [0.2, 0.25) is 0 Å². The molecular weight excluding hydrogens is 198 g/mol. The van der Waals surface area contributed by atoms with Crippen molar-refractivity contribution < 1.29 is 0 Å². The van der Waals surface area contributed by atoms with Gasteiger partial charge in [0.2, 0.25) is 0 Å². The first-order chi connectivity index (χ1) is 7.50. The fourth-order valence-corrected chi connectivity index (χ4v) is 2.66.